The summed E-state index contributed by atoms with van der Waals surface area (Å²) >= 11 is 0. The van der Waals surface area contributed by atoms with E-state index in [4.69, 9.17) is 9.47 Å². The summed E-state index contributed by atoms with van der Waals surface area (Å²) in [6.45, 7) is 3.57. The van der Waals surface area contributed by atoms with Gasteiger partial charge in [0.05, 0.1) is 25.4 Å². The largest absolute Gasteiger partial charge is 0.394 e. The maximum absolute atomic E-state index is 13.0. The summed E-state index contributed by atoms with van der Waals surface area (Å²) in [6.07, 6.45) is 36.6. The van der Waals surface area contributed by atoms with E-state index in [1.807, 2.05) is 6.08 Å². The first-order chi connectivity index (χ1) is 28.3. The predicted molar refractivity (Wildman–Crippen MR) is 236 cm³/mol. The first kappa shape index (κ1) is 54.4. The molecule has 10 nitrogen and oxygen atoms in total. The van der Waals surface area contributed by atoms with Gasteiger partial charge in [-0.05, 0) is 57.8 Å². The maximum Gasteiger partial charge on any atom is 0.249 e. The third kappa shape index (κ3) is 28.0. The van der Waals surface area contributed by atoms with Crippen molar-refractivity contribution < 1.29 is 44.9 Å². The highest BCUT2D eigenvalue weighted by molar-refractivity contribution is 5.80. The van der Waals surface area contributed by atoms with Crippen molar-refractivity contribution in [2.45, 2.75) is 249 Å². The average Bonchev–Trinajstić information content (AvgIpc) is 3.22. The number of rotatable bonds is 39. The summed E-state index contributed by atoms with van der Waals surface area (Å²) < 4.78 is 11.1. The molecule has 7 N–H and O–H groups in total. The number of amides is 1. The first-order valence-corrected chi connectivity index (χ1v) is 23.8. The van der Waals surface area contributed by atoms with Crippen LogP contribution in [0.2, 0.25) is 0 Å². The fourth-order valence-corrected chi connectivity index (χ4v) is 7.35. The van der Waals surface area contributed by atoms with Gasteiger partial charge in [0, 0.05) is 0 Å². The van der Waals surface area contributed by atoms with Crippen LogP contribution in [-0.4, -0.2) is 98.7 Å². The summed E-state index contributed by atoms with van der Waals surface area (Å²) in [6, 6.07) is -0.995. The predicted octanol–water partition coefficient (Wildman–Crippen LogP) is 9.03. The number of unbranched alkanes of at least 4 members (excludes halogenated alkanes) is 24. The number of carbonyl (C=O) groups excluding carboxylic acids is 1. The molecule has 10 heteroatoms. The fourth-order valence-electron chi connectivity index (χ4n) is 7.35. The minimum Gasteiger partial charge on any atom is -0.394 e. The molecule has 1 saturated heterocycles. The van der Waals surface area contributed by atoms with Crippen molar-refractivity contribution in [3.63, 3.8) is 0 Å². The molecule has 1 aliphatic heterocycles. The SMILES string of the molecule is CCCCCCCCC=CCCCCCCCCCCCCC(O)C(=O)NC(COC1OC(CO)C(O)C(O)C1O)C(O)C=CCCC=CCCCCCCCCC. The lowest BCUT2D eigenvalue weighted by molar-refractivity contribution is -0.302. The highest BCUT2D eigenvalue weighted by Crippen LogP contribution is 2.22. The van der Waals surface area contributed by atoms with Crippen LogP contribution in [0.3, 0.4) is 0 Å². The number of allylic oxidation sites excluding steroid dienone is 5. The van der Waals surface area contributed by atoms with Crippen molar-refractivity contribution in [2.75, 3.05) is 13.2 Å². The van der Waals surface area contributed by atoms with E-state index in [1.165, 1.54) is 135 Å². The van der Waals surface area contributed by atoms with Gasteiger partial charge in [-0.15, -0.1) is 0 Å². The van der Waals surface area contributed by atoms with Gasteiger partial charge in [-0.25, -0.2) is 0 Å². The van der Waals surface area contributed by atoms with E-state index in [-0.39, 0.29) is 6.61 Å². The van der Waals surface area contributed by atoms with Gasteiger partial charge in [0.25, 0.3) is 0 Å². The van der Waals surface area contributed by atoms with E-state index in [1.54, 1.807) is 6.08 Å². The van der Waals surface area contributed by atoms with Crippen LogP contribution in [0, 0.1) is 0 Å². The Kier molecular flexibility index (Phi) is 35.9. The number of carbonyl (C=O) groups is 1. The molecule has 0 aromatic carbocycles. The van der Waals surface area contributed by atoms with Crippen LogP contribution >= 0.6 is 0 Å². The van der Waals surface area contributed by atoms with E-state index < -0.39 is 61.5 Å². The third-order valence-electron chi connectivity index (χ3n) is 11.3. The second-order valence-corrected chi connectivity index (χ2v) is 16.7. The van der Waals surface area contributed by atoms with Crippen molar-refractivity contribution in [1.29, 1.82) is 0 Å². The Bertz CT molecular complexity index is 1020. The van der Waals surface area contributed by atoms with Crippen molar-refractivity contribution >= 4 is 5.91 Å². The van der Waals surface area contributed by atoms with E-state index in [2.05, 4.69) is 43.5 Å². The molecule has 1 heterocycles. The monoisotopic (exact) mass is 824 g/mol. The zero-order valence-corrected chi connectivity index (χ0v) is 36.9. The number of nitrogens with one attached hydrogen (secondary N) is 1. The molecular formula is C48H89NO9. The Labute approximate surface area is 354 Å². The number of hydrogen-bond acceptors (Lipinski definition) is 9. The fraction of sp³-hybridized carbons (Fsp3) is 0.854. The Morgan fingerprint density at radius 2 is 1.02 bits per heavy atom. The highest BCUT2D eigenvalue weighted by atomic mass is 16.7. The minimum absolute atomic E-state index is 0.302. The van der Waals surface area contributed by atoms with Crippen LogP contribution < -0.4 is 5.32 Å². The second kappa shape index (κ2) is 38.3. The molecule has 58 heavy (non-hydrogen) atoms. The standard InChI is InChI=1S/C48H89NO9/c1-3-5-7-9-11-13-15-17-18-19-20-21-22-23-25-27-29-31-33-35-37-42(52)47(56)49-40(39-57-48-46(55)45(54)44(53)43(38-50)58-48)41(51)36-34-32-30-28-26-24-16-14-12-10-8-6-4-2/h17-18,26,28,34,36,40-46,48,50-55H,3-16,19-25,27,29-33,35,37-39H2,1-2H3,(H,49,56). The van der Waals surface area contributed by atoms with Crippen molar-refractivity contribution in [3.8, 4) is 0 Å². The topological polar surface area (TPSA) is 169 Å². The summed E-state index contributed by atoms with van der Waals surface area (Å²) in [5.74, 6) is -0.628. The smallest absolute Gasteiger partial charge is 0.249 e. The maximum atomic E-state index is 13.0. The molecule has 0 saturated carbocycles. The number of aliphatic hydroxyl groups excluding tert-OH is 6. The van der Waals surface area contributed by atoms with Gasteiger partial charge < -0.3 is 45.4 Å². The molecule has 1 fully saturated rings. The van der Waals surface area contributed by atoms with Crippen molar-refractivity contribution in [3.05, 3.63) is 36.5 Å². The van der Waals surface area contributed by atoms with E-state index in [0.29, 0.717) is 19.3 Å². The number of hydrogen-bond donors (Lipinski definition) is 7. The van der Waals surface area contributed by atoms with E-state index in [0.717, 1.165) is 32.1 Å². The Morgan fingerprint density at radius 3 is 1.50 bits per heavy atom. The molecule has 1 rings (SSSR count). The van der Waals surface area contributed by atoms with Crippen LogP contribution in [0.25, 0.3) is 0 Å². The molecule has 0 aliphatic carbocycles. The van der Waals surface area contributed by atoms with Gasteiger partial charge in [0.2, 0.25) is 5.91 Å². The lowest BCUT2D eigenvalue weighted by Gasteiger charge is -2.40. The van der Waals surface area contributed by atoms with Crippen LogP contribution in [-0.2, 0) is 14.3 Å². The summed E-state index contributed by atoms with van der Waals surface area (Å²) in [7, 11) is 0. The van der Waals surface area contributed by atoms with Gasteiger partial charge in [0.1, 0.15) is 30.5 Å². The zero-order valence-electron chi connectivity index (χ0n) is 36.9. The van der Waals surface area contributed by atoms with Gasteiger partial charge in [-0.1, -0.05) is 179 Å². The minimum atomic E-state index is -1.61. The molecule has 0 radical (unpaired) electrons. The molecule has 0 spiro atoms. The van der Waals surface area contributed by atoms with Crippen LogP contribution in [0.15, 0.2) is 36.5 Å². The Balaban J connectivity index is 2.38. The Hall–Kier alpha value is -1.63. The third-order valence-corrected chi connectivity index (χ3v) is 11.3. The lowest BCUT2D eigenvalue weighted by atomic mass is 9.99. The molecule has 0 bridgehead atoms. The van der Waals surface area contributed by atoms with Gasteiger partial charge in [-0.2, -0.15) is 0 Å². The van der Waals surface area contributed by atoms with E-state index in [9.17, 15) is 35.4 Å². The van der Waals surface area contributed by atoms with Gasteiger partial charge in [0.15, 0.2) is 6.29 Å². The number of ether oxygens (including phenoxy) is 2. The molecule has 8 unspecified atom stereocenters. The zero-order chi connectivity index (χ0) is 42.5. The molecular weight excluding hydrogens is 735 g/mol. The molecule has 8 atom stereocenters. The van der Waals surface area contributed by atoms with Crippen LogP contribution in [0.4, 0.5) is 0 Å². The normalized spacial score (nSPS) is 21.7. The quantitative estimate of drug-likeness (QED) is 0.0236. The summed E-state index contributed by atoms with van der Waals surface area (Å²) in [5.41, 5.74) is 0. The molecule has 0 aromatic heterocycles. The van der Waals surface area contributed by atoms with Gasteiger partial charge in [-0.3, -0.25) is 4.79 Å². The van der Waals surface area contributed by atoms with Crippen molar-refractivity contribution in [1.82, 2.24) is 5.32 Å². The highest BCUT2D eigenvalue weighted by Gasteiger charge is 2.44. The van der Waals surface area contributed by atoms with Crippen LogP contribution in [0.5, 0.6) is 0 Å². The Morgan fingerprint density at radius 1 is 0.586 bits per heavy atom. The average molecular weight is 824 g/mol. The number of aliphatic hydroxyl groups is 6. The molecule has 0 aromatic rings. The van der Waals surface area contributed by atoms with Gasteiger partial charge >= 0.3 is 0 Å². The second-order valence-electron chi connectivity index (χ2n) is 16.7. The summed E-state index contributed by atoms with van der Waals surface area (Å²) in [5, 5.41) is 64.6. The van der Waals surface area contributed by atoms with Crippen molar-refractivity contribution in [2.24, 2.45) is 0 Å². The molecule has 340 valence electrons. The van der Waals surface area contributed by atoms with E-state index >= 15 is 0 Å². The molecule has 1 amide bonds. The molecule has 1 aliphatic rings. The summed E-state index contributed by atoms with van der Waals surface area (Å²) in [4.78, 5) is 13.0. The lowest BCUT2D eigenvalue weighted by Crippen LogP contribution is -2.60. The van der Waals surface area contributed by atoms with Crippen LogP contribution in [0.1, 0.15) is 200 Å². The first-order valence-electron chi connectivity index (χ1n) is 23.8.